The van der Waals surface area contributed by atoms with Crippen molar-refractivity contribution in [3.63, 3.8) is 0 Å². The number of aromatic nitrogens is 6. The summed E-state index contributed by atoms with van der Waals surface area (Å²) in [6, 6.07) is 47.1. The summed E-state index contributed by atoms with van der Waals surface area (Å²) in [4.78, 5) is 19.7. The number of para-hydroxylation sites is 5. The van der Waals surface area contributed by atoms with Gasteiger partial charge in [0.2, 0.25) is 0 Å². The summed E-state index contributed by atoms with van der Waals surface area (Å²) in [5.74, 6) is 1.60. The third-order valence-corrected chi connectivity index (χ3v) is 7.41. The largest absolute Gasteiger partial charge is 0.291 e. The van der Waals surface area contributed by atoms with Crippen molar-refractivity contribution >= 4 is 22.1 Å². The minimum Gasteiger partial charge on any atom is -0.291 e. The molecule has 0 unspecified atom stereocenters. The predicted molar refractivity (Wildman–Crippen MR) is 168 cm³/mol. The predicted octanol–water partition coefficient (Wildman–Crippen LogP) is 8.16. The van der Waals surface area contributed by atoms with E-state index in [1.54, 1.807) is 6.20 Å². The van der Waals surface area contributed by atoms with Crippen molar-refractivity contribution in [1.82, 2.24) is 29.1 Å². The van der Waals surface area contributed by atoms with Gasteiger partial charge in [0, 0.05) is 23.1 Å². The first-order valence-corrected chi connectivity index (χ1v) is 13.8. The normalized spacial score (nSPS) is 11.3. The fraction of sp³-hybridized carbons (Fsp3) is 0. The molecule has 198 valence electrons. The summed E-state index contributed by atoms with van der Waals surface area (Å²) >= 11 is 0. The summed E-state index contributed by atoms with van der Waals surface area (Å²) in [6.07, 6.45) is 1.80. The molecule has 8 rings (SSSR count). The number of nitrogens with zero attached hydrogens (tertiary/aromatic N) is 6. The van der Waals surface area contributed by atoms with Crippen LogP contribution in [0.25, 0.3) is 67.7 Å². The molecule has 0 saturated carbocycles. The van der Waals surface area contributed by atoms with Gasteiger partial charge in [-0.3, -0.25) is 14.1 Å². The molecule has 0 bridgehead atoms. The molecule has 0 fully saturated rings. The Morgan fingerprint density at radius 3 is 1.71 bits per heavy atom. The molecule has 6 nitrogen and oxygen atoms in total. The van der Waals surface area contributed by atoms with Gasteiger partial charge in [-0.25, -0.2) is 15.0 Å². The fourth-order valence-corrected chi connectivity index (χ4v) is 5.51. The van der Waals surface area contributed by atoms with Gasteiger partial charge in [-0.2, -0.15) is 0 Å². The molecular formula is C36H24N6. The summed E-state index contributed by atoms with van der Waals surface area (Å²) in [5, 5.41) is 0. The average Bonchev–Trinajstić information content (AvgIpc) is 3.65. The van der Waals surface area contributed by atoms with Crippen LogP contribution in [0, 0.1) is 0 Å². The summed E-state index contributed by atoms with van der Waals surface area (Å²) in [7, 11) is 0. The van der Waals surface area contributed by atoms with Crippen LogP contribution in [0.1, 0.15) is 0 Å². The van der Waals surface area contributed by atoms with Crippen LogP contribution >= 0.6 is 0 Å². The van der Waals surface area contributed by atoms with Gasteiger partial charge in [-0.1, -0.05) is 66.7 Å². The van der Waals surface area contributed by atoms with Crippen LogP contribution in [0.15, 0.2) is 146 Å². The van der Waals surface area contributed by atoms with Gasteiger partial charge in [-0.05, 0) is 72.8 Å². The standard InChI is InChI=1S/C36H24N6/c1-2-13-26(14-3-1)41-33-21-6-4-16-29(33)40-36(41)32-20-11-19-28(38-32)25-12-10-15-27(24-25)42-34-22-7-5-17-30(34)39-35(42)31-18-8-9-23-37-31/h1-24H. The van der Waals surface area contributed by atoms with Crippen LogP contribution in [0.5, 0.6) is 0 Å². The van der Waals surface area contributed by atoms with Gasteiger partial charge < -0.3 is 0 Å². The van der Waals surface area contributed by atoms with Crippen LogP contribution < -0.4 is 0 Å². The second-order valence-electron chi connectivity index (χ2n) is 10.0. The van der Waals surface area contributed by atoms with E-state index < -0.39 is 0 Å². The Morgan fingerprint density at radius 2 is 0.976 bits per heavy atom. The van der Waals surface area contributed by atoms with E-state index in [0.717, 1.165) is 67.7 Å². The highest BCUT2D eigenvalue weighted by atomic mass is 15.1. The van der Waals surface area contributed by atoms with E-state index in [2.05, 4.69) is 62.6 Å². The SMILES string of the molecule is c1ccc(-n2c(-c3cccc(-c4cccc(-n5c(-c6ccccn6)nc6ccccc65)c4)n3)nc3ccccc32)cc1. The van der Waals surface area contributed by atoms with Crippen molar-refractivity contribution in [3.8, 4) is 45.7 Å². The molecular weight excluding hydrogens is 516 g/mol. The van der Waals surface area contributed by atoms with Crippen molar-refractivity contribution in [2.75, 3.05) is 0 Å². The number of rotatable bonds is 5. The highest BCUT2D eigenvalue weighted by molar-refractivity contribution is 5.84. The molecule has 4 heterocycles. The Bertz CT molecular complexity index is 2200. The quantitative estimate of drug-likeness (QED) is 0.221. The number of imidazole rings is 2. The third-order valence-electron chi connectivity index (χ3n) is 7.41. The number of hydrogen-bond donors (Lipinski definition) is 0. The molecule has 0 aliphatic rings. The van der Waals surface area contributed by atoms with Crippen LogP contribution in [0.4, 0.5) is 0 Å². The van der Waals surface area contributed by atoms with E-state index in [9.17, 15) is 0 Å². The minimum atomic E-state index is 0.798. The van der Waals surface area contributed by atoms with Crippen molar-refractivity contribution in [3.05, 3.63) is 146 Å². The van der Waals surface area contributed by atoms with Gasteiger partial charge in [0.25, 0.3) is 0 Å². The van der Waals surface area contributed by atoms with E-state index in [0.29, 0.717) is 0 Å². The lowest BCUT2D eigenvalue weighted by atomic mass is 10.1. The minimum absolute atomic E-state index is 0.798. The van der Waals surface area contributed by atoms with Gasteiger partial charge >= 0.3 is 0 Å². The Balaban J connectivity index is 1.27. The van der Waals surface area contributed by atoms with Crippen molar-refractivity contribution in [2.24, 2.45) is 0 Å². The summed E-state index contributed by atoms with van der Waals surface area (Å²) in [6.45, 7) is 0. The second kappa shape index (κ2) is 9.94. The Hall–Kier alpha value is -5.88. The maximum Gasteiger partial charge on any atom is 0.164 e. The van der Waals surface area contributed by atoms with E-state index in [1.165, 1.54) is 0 Å². The third kappa shape index (κ3) is 4.05. The highest BCUT2D eigenvalue weighted by Gasteiger charge is 2.18. The molecule has 0 amide bonds. The van der Waals surface area contributed by atoms with Crippen LogP contribution in [0.3, 0.4) is 0 Å². The molecule has 6 heteroatoms. The molecule has 0 aliphatic heterocycles. The van der Waals surface area contributed by atoms with Crippen molar-refractivity contribution in [1.29, 1.82) is 0 Å². The molecule has 0 spiro atoms. The van der Waals surface area contributed by atoms with Gasteiger partial charge in [0.15, 0.2) is 11.6 Å². The summed E-state index contributed by atoms with van der Waals surface area (Å²) in [5.41, 5.74) is 9.44. The molecule has 0 N–H and O–H groups in total. The highest BCUT2D eigenvalue weighted by Crippen LogP contribution is 2.32. The van der Waals surface area contributed by atoms with Crippen LogP contribution in [-0.4, -0.2) is 29.1 Å². The first kappa shape index (κ1) is 24.0. The lowest BCUT2D eigenvalue weighted by Gasteiger charge is -2.12. The number of benzene rings is 4. The Morgan fingerprint density at radius 1 is 0.405 bits per heavy atom. The van der Waals surface area contributed by atoms with Gasteiger partial charge in [0.1, 0.15) is 11.4 Å². The molecule has 0 aliphatic carbocycles. The zero-order valence-corrected chi connectivity index (χ0v) is 22.5. The first-order valence-electron chi connectivity index (χ1n) is 13.8. The van der Waals surface area contributed by atoms with E-state index >= 15 is 0 Å². The molecule has 4 aromatic carbocycles. The second-order valence-corrected chi connectivity index (χ2v) is 10.0. The lowest BCUT2D eigenvalue weighted by Crippen LogP contribution is -2.00. The fourth-order valence-electron chi connectivity index (χ4n) is 5.51. The van der Waals surface area contributed by atoms with Crippen LogP contribution in [-0.2, 0) is 0 Å². The molecule has 4 aromatic heterocycles. The molecule has 0 saturated heterocycles. The van der Waals surface area contributed by atoms with Crippen molar-refractivity contribution in [2.45, 2.75) is 0 Å². The Labute approximate surface area is 242 Å². The number of fused-ring (bicyclic) bond motifs is 2. The maximum atomic E-state index is 5.14. The number of pyridine rings is 2. The van der Waals surface area contributed by atoms with Gasteiger partial charge in [-0.15, -0.1) is 0 Å². The van der Waals surface area contributed by atoms with E-state index in [-0.39, 0.29) is 0 Å². The van der Waals surface area contributed by atoms with Gasteiger partial charge in [0.05, 0.1) is 27.8 Å². The zero-order valence-electron chi connectivity index (χ0n) is 22.5. The molecule has 42 heavy (non-hydrogen) atoms. The Kier molecular flexibility index (Phi) is 5.67. The van der Waals surface area contributed by atoms with E-state index in [1.807, 2.05) is 91.0 Å². The average molecular weight is 541 g/mol. The molecule has 0 radical (unpaired) electrons. The lowest BCUT2D eigenvalue weighted by molar-refractivity contribution is 1.08. The topological polar surface area (TPSA) is 61.4 Å². The smallest absolute Gasteiger partial charge is 0.164 e. The first-order chi connectivity index (χ1) is 20.8. The van der Waals surface area contributed by atoms with Crippen LogP contribution in [0.2, 0.25) is 0 Å². The maximum absolute atomic E-state index is 5.14. The number of hydrogen-bond acceptors (Lipinski definition) is 4. The zero-order chi connectivity index (χ0) is 27.9. The monoisotopic (exact) mass is 540 g/mol. The molecule has 8 aromatic rings. The molecule has 0 atom stereocenters. The van der Waals surface area contributed by atoms with E-state index in [4.69, 9.17) is 15.0 Å². The summed E-state index contributed by atoms with van der Waals surface area (Å²) < 4.78 is 4.34. The van der Waals surface area contributed by atoms with Crippen molar-refractivity contribution < 1.29 is 0 Å².